The first kappa shape index (κ1) is 11.6. The van der Waals surface area contributed by atoms with Gasteiger partial charge in [-0.05, 0) is 6.92 Å². The van der Waals surface area contributed by atoms with Crippen molar-refractivity contribution in [3.05, 3.63) is 16.2 Å². The Bertz CT molecular complexity index is 390. The minimum Gasteiger partial charge on any atom is -0.394 e. The summed E-state index contributed by atoms with van der Waals surface area (Å²) in [6.07, 6.45) is -0.977. The zero-order chi connectivity index (χ0) is 11.4. The van der Waals surface area contributed by atoms with Crippen LogP contribution in [0.25, 0.3) is 0 Å². The topological polar surface area (TPSA) is 100 Å². The van der Waals surface area contributed by atoms with Gasteiger partial charge in [-0.2, -0.15) is 0 Å². The van der Waals surface area contributed by atoms with Crippen LogP contribution in [0.4, 0.5) is 5.82 Å². The Kier molecular flexibility index (Phi) is 3.75. The van der Waals surface area contributed by atoms with Crippen molar-refractivity contribution in [2.75, 3.05) is 19.0 Å². The third-order valence-corrected chi connectivity index (χ3v) is 1.97. The minimum atomic E-state index is -0.977. The lowest BCUT2D eigenvalue weighted by Crippen LogP contribution is -2.32. The smallest absolute Gasteiger partial charge is 0.296 e. The molecule has 0 aromatic carbocycles. The fraction of sp³-hybridized carbons (Fsp3) is 0.625. The van der Waals surface area contributed by atoms with Crippen LogP contribution in [-0.2, 0) is 6.54 Å². The number of hydrogen-bond acceptors (Lipinski definition) is 6. The van der Waals surface area contributed by atoms with Crippen molar-refractivity contribution in [3.8, 4) is 0 Å². The highest BCUT2D eigenvalue weighted by atomic mass is 16.3. The summed E-state index contributed by atoms with van der Waals surface area (Å²) < 4.78 is 1.26. The highest BCUT2D eigenvalue weighted by Gasteiger charge is 2.11. The maximum atomic E-state index is 11.7. The molecule has 0 aliphatic rings. The standard InChI is InChI=1S/C8H14N4O3/c1-5-10-11-7(9-2)8(15)12(5)3-6(14)4-13/h6,13-14H,3-4H2,1-2H3,(H,9,11). The molecule has 84 valence electrons. The molecule has 0 radical (unpaired) electrons. The maximum Gasteiger partial charge on any atom is 0.296 e. The van der Waals surface area contributed by atoms with Gasteiger partial charge in [0.1, 0.15) is 5.82 Å². The molecule has 15 heavy (non-hydrogen) atoms. The van der Waals surface area contributed by atoms with Crippen molar-refractivity contribution in [1.82, 2.24) is 14.8 Å². The van der Waals surface area contributed by atoms with Crippen molar-refractivity contribution >= 4 is 5.82 Å². The molecule has 0 bridgehead atoms. The lowest BCUT2D eigenvalue weighted by atomic mass is 10.3. The van der Waals surface area contributed by atoms with Crippen molar-refractivity contribution in [1.29, 1.82) is 0 Å². The van der Waals surface area contributed by atoms with Crippen LogP contribution in [0.3, 0.4) is 0 Å². The molecule has 1 aromatic heterocycles. The predicted octanol–water partition coefficient (Wildman–Crippen LogP) is -1.66. The van der Waals surface area contributed by atoms with E-state index in [1.54, 1.807) is 14.0 Å². The van der Waals surface area contributed by atoms with Gasteiger partial charge in [-0.25, -0.2) is 0 Å². The number of hydrogen-bond donors (Lipinski definition) is 3. The van der Waals surface area contributed by atoms with Crippen molar-refractivity contribution in [3.63, 3.8) is 0 Å². The largest absolute Gasteiger partial charge is 0.394 e. The van der Waals surface area contributed by atoms with Crippen molar-refractivity contribution in [2.24, 2.45) is 0 Å². The highest BCUT2D eigenvalue weighted by Crippen LogP contribution is 1.96. The zero-order valence-electron chi connectivity index (χ0n) is 8.64. The van der Waals surface area contributed by atoms with E-state index in [0.29, 0.717) is 5.82 Å². The Morgan fingerprint density at radius 3 is 2.73 bits per heavy atom. The van der Waals surface area contributed by atoms with E-state index in [1.165, 1.54) is 4.57 Å². The third kappa shape index (κ3) is 2.51. The molecule has 1 aromatic rings. The molecule has 1 rings (SSSR count). The first-order valence-corrected chi connectivity index (χ1v) is 4.51. The van der Waals surface area contributed by atoms with Gasteiger partial charge in [0.25, 0.3) is 5.56 Å². The SMILES string of the molecule is CNc1nnc(C)n(CC(O)CO)c1=O. The summed E-state index contributed by atoms with van der Waals surface area (Å²) >= 11 is 0. The summed E-state index contributed by atoms with van der Waals surface area (Å²) in [6.45, 7) is 1.21. The van der Waals surface area contributed by atoms with Gasteiger partial charge in [0, 0.05) is 7.05 Å². The number of nitrogens with one attached hydrogen (secondary N) is 1. The first-order chi connectivity index (χ1) is 7.10. The predicted molar refractivity (Wildman–Crippen MR) is 53.7 cm³/mol. The van der Waals surface area contributed by atoms with Gasteiger partial charge in [-0.3, -0.25) is 9.36 Å². The van der Waals surface area contributed by atoms with E-state index < -0.39 is 12.7 Å². The van der Waals surface area contributed by atoms with Gasteiger partial charge < -0.3 is 15.5 Å². The lowest BCUT2D eigenvalue weighted by Gasteiger charge is -2.12. The maximum absolute atomic E-state index is 11.7. The van der Waals surface area contributed by atoms with Crippen LogP contribution in [0.15, 0.2) is 4.79 Å². The second kappa shape index (κ2) is 4.85. The molecule has 1 heterocycles. The molecule has 1 unspecified atom stereocenters. The summed E-state index contributed by atoms with van der Waals surface area (Å²) in [5.41, 5.74) is -0.363. The van der Waals surface area contributed by atoms with Crippen molar-refractivity contribution < 1.29 is 10.2 Å². The van der Waals surface area contributed by atoms with E-state index in [-0.39, 0.29) is 17.9 Å². The average molecular weight is 214 g/mol. The van der Waals surface area contributed by atoms with Gasteiger partial charge >= 0.3 is 0 Å². The van der Waals surface area contributed by atoms with Crippen LogP contribution in [-0.4, -0.2) is 44.7 Å². The summed E-state index contributed by atoms with van der Waals surface area (Å²) in [7, 11) is 1.56. The lowest BCUT2D eigenvalue weighted by molar-refractivity contribution is 0.0795. The Hall–Kier alpha value is -1.47. The van der Waals surface area contributed by atoms with Crippen LogP contribution in [0, 0.1) is 6.92 Å². The van der Waals surface area contributed by atoms with E-state index in [1.807, 2.05) is 0 Å². The number of aryl methyl sites for hydroxylation is 1. The average Bonchev–Trinajstić information content (AvgIpc) is 2.24. The molecule has 7 nitrogen and oxygen atoms in total. The van der Waals surface area contributed by atoms with Crippen LogP contribution in [0.5, 0.6) is 0 Å². The van der Waals surface area contributed by atoms with Gasteiger partial charge in [0.15, 0.2) is 0 Å². The summed E-state index contributed by atoms with van der Waals surface area (Å²) in [5, 5.41) is 27.9. The first-order valence-electron chi connectivity index (χ1n) is 4.51. The molecular formula is C8H14N4O3. The number of nitrogens with zero attached hydrogens (tertiary/aromatic N) is 3. The second-order valence-corrected chi connectivity index (χ2v) is 3.10. The normalized spacial score (nSPS) is 12.5. The molecule has 0 aliphatic heterocycles. The Morgan fingerprint density at radius 2 is 2.20 bits per heavy atom. The fourth-order valence-corrected chi connectivity index (χ4v) is 1.13. The molecule has 0 aliphatic carbocycles. The number of anilines is 1. The second-order valence-electron chi connectivity index (χ2n) is 3.10. The van der Waals surface area contributed by atoms with E-state index in [9.17, 15) is 9.90 Å². The molecule has 0 spiro atoms. The Morgan fingerprint density at radius 1 is 1.53 bits per heavy atom. The summed E-state index contributed by atoms with van der Waals surface area (Å²) in [6, 6.07) is 0. The molecule has 0 saturated carbocycles. The third-order valence-electron chi connectivity index (χ3n) is 1.97. The van der Waals surface area contributed by atoms with Crippen molar-refractivity contribution in [2.45, 2.75) is 19.6 Å². The summed E-state index contributed by atoms with van der Waals surface area (Å²) in [5.74, 6) is 0.511. The number of aliphatic hydroxyl groups is 2. The fourth-order valence-electron chi connectivity index (χ4n) is 1.13. The Labute approximate surface area is 86.4 Å². The molecule has 0 fully saturated rings. The van der Waals surface area contributed by atoms with E-state index in [4.69, 9.17) is 5.11 Å². The van der Waals surface area contributed by atoms with Crippen LogP contribution in [0.1, 0.15) is 5.82 Å². The van der Waals surface area contributed by atoms with Gasteiger partial charge in [-0.1, -0.05) is 0 Å². The van der Waals surface area contributed by atoms with E-state index in [0.717, 1.165) is 0 Å². The number of aliphatic hydroxyl groups excluding tert-OH is 2. The number of aromatic nitrogens is 3. The van der Waals surface area contributed by atoms with E-state index in [2.05, 4.69) is 15.5 Å². The van der Waals surface area contributed by atoms with Gasteiger partial charge in [0.05, 0.1) is 19.3 Å². The number of rotatable bonds is 4. The van der Waals surface area contributed by atoms with Crippen LogP contribution >= 0.6 is 0 Å². The highest BCUT2D eigenvalue weighted by molar-refractivity contribution is 5.28. The Balaban J connectivity index is 3.10. The van der Waals surface area contributed by atoms with Gasteiger partial charge in [-0.15, -0.1) is 10.2 Å². The molecule has 3 N–H and O–H groups in total. The van der Waals surface area contributed by atoms with E-state index >= 15 is 0 Å². The van der Waals surface area contributed by atoms with Crippen LogP contribution < -0.4 is 10.9 Å². The molecule has 7 heteroatoms. The molecule has 0 saturated heterocycles. The summed E-state index contributed by atoms with van der Waals surface area (Å²) in [4.78, 5) is 11.7. The monoisotopic (exact) mass is 214 g/mol. The molecular weight excluding hydrogens is 200 g/mol. The van der Waals surface area contributed by atoms with Gasteiger partial charge in [0.2, 0.25) is 5.82 Å². The zero-order valence-corrected chi connectivity index (χ0v) is 8.64. The quantitative estimate of drug-likeness (QED) is 0.554. The minimum absolute atomic E-state index is 0.00532. The molecule has 1 atom stereocenters. The van der Waals surface area contributed by atoms with Crippen LogP contribution in [0.2, 0.25) is 0 Å². The molecule has 0 amide bonds.